The molecule has 2 atom stereocenters. The minimum Gasteiger partial charge on any atom is -0.391 e. The van der Waals surface area contributed by atoms with Crippen LogP contribution < -0.4 is 0 Å². The lowest BCUT2D eigenvalue weighted by Gasteiger charge is -2.16. The predicted octanol–water partition coefficient (Wildman–Crippen LogP) is 2.56. The molecule has 2 aromatic rings. The zero-order valence-electron chi connectivity index (χ0n) is 12.7. The molecule has 1 aromatic carbocycles. The van der Waals surface area contributed by atoms with Crippen LogP contribution >= 0.6 is 0 Å². The lowest BCUT2D eigenvalue weighted by Crippen LogP contribution is -2.21. The van der Waals surface area contributed by atoms with E-state index in [1.165, 1.54) is 11.6 Å². The predicted molar refractivity (Wildman–Crippen MR) is 83.9 cm³/mol. The minimum absolute atomic E-state index is 0.166. The van der Waals surface area contributed by atoms with Crippen LogP contribution in [-0.2, 0) is 13.0 Å². The van der Waals surface area contributed by atoms with Crippen LogP contribution in [0.25, 0.3) is 0 Å². The van der Waals surface area contributed by atoms with Crippen molar-refractivity contribution in [3.8, 4) is 0 Å². The van der Waals surface area contributed by atoms with E-state index >= 15 is 0 Å². The molecule has 3 nitrogen and oxygen atoms in total. The molecule has 3 rings (SSSR count). The van der Waals surface area contributed by atoms with Crippen molar-refractivity contribution >= 4 is 0 Å². The summed E-state index contributed by atoms with van der Waals surface area (Å²) >= 11 is 0. The van der Waals surface area contributed by atoms with Gasteiger partial charge in [-0.3, -0.25) is 9.88 Å². The van der Waals surface area contributed by atoms with Gasteiger partial charge in [-0.2, -0.15) is 0 Å². The Labute approximate surface area is 130 Å². The number of aliphatic hydroxyl groups excluding tert-OH is 1. The second-order valence-corrected chi connectivity index (χ2v) is 6.16. The van der Waals surface area contributed by atoms with Crippen LogP contribution in [0.1, 0.15) is 16.7 Å². The molecular formula is C18H21FN2O. The fraction of sp³-hybridized carbons (Fsp3) is 0.389. The highest BCUT2D eigenvalue weighted by molar-refractivity contribution is 5.24. The third-order valence-corrected chi connectivity index (χ3v) is 4.36. The molecule has 0 amide bonds. The van der Waals surface area contributed by atoms with Gasteiger partial charge in [-0.15, -0.1) is 0 Å². The second-order valence-electron chi connectivity index (χ2n) is 6.16. The molecule has 1 aromatic heterocycles. The highest BCUT2D eigenvalue weighted by atomic mass is 19.1. The molecule has 2 heterocycles. The highest BCUT2D eigenvalue weighted by Gasteiger charge is 2.31. The standard InChI is InChI=1S/C18H21FN2O/c1-13-8-15(2-3-17(13)19)10-21-11-16(18(22)12-21)9-14-4-6-20-7-5-14/h2-8,16,18,22H,9-12H2,1H3/t16-,18-/m1/s1. The molecule has 1 N–H and O–H groups in total. The largest absolute Gasteiger partial charge is 0.391 e. The normalized spacial score (nSPS) is 22.1. The Morgan fingerprint density at radius 2 is 1.95 bits per heavy atom. The number of benzene rings is 1. The summed E-state index contributed by atoms with van der Waals surface area (Å²) in [7, 11) is 0. The van der Waals surface area contributed by atoms with Crippen molar-refractivity contribution in [1.29, 1.82) is 0 Å². The monoisotopic (exact) mass is 300 g/mol. The number of likely N-dealkylation sites (tertiary alicyclic amines) is 1. The third-order valence-electron chi connectivity index (χ3n) is 4.36. The third kappa shape index (κ3) is 3.51. The van der Waals surface area contributed by atoms with Crippen molar-refractivity contribution in [2.24, 2.45) is 5.92 Å². The number of hydrogen-bond acceptors (Lipinski definition) is 3. The summed E-state index contributed by atoms with van der Waals surface area (Å²) in [6.45, 7) is 4.07. The Morgan fingerprint density at radius 1 is 1.18 bits per heavy atom. The smallest absolute Gasteiger partial charge is 0.126 e. The van der Waals surface area contributed by atoms with Crippen molar-refractivity contribution in [2.45, 2.75) is 26.0 Å². The van der Waals surface area contributed by atoms with Crippen LogP contribution in [0.3, 0.4) is 0 Å². The number of aliphatic hydroxyl groups is 1. The fourth-order valence-electron chi connectivity index (χ4n) is 3.16. The van der Waals surface area contributed by atoms with Gasteiger partial charge in [0.1, 0.15) is 5.82 Å². The average molecular weight is 300 g/mol. The molecule has 1 fully saturated rings. The maximum Gasteiger partial charge on any atom is 0.126 e. The molecule has 22 heavy (non-hydrogen) atoms. The van der Waals surface area contributed by atoms with Crippen molar-refractivity contribution in [1.82, 2.24) is 9.88 Å². The van der Waals surface area contributed by atoms with Gasteiger partial charge in [-0.05, 0) is 48.2 Å². The molecular weight excluding hydrogens is 279 g/mol. The number of rotatable bonds is 4. The summed E-state index contributed by atoms with van der Waals surface area (Å²) < 4.78 is 13.3. The zero-order valence-corrected chi connectivity index (χ0v) is 12.7. The molecule has 1 saturated heterocycles. The molecule has 0 saturated carbocycles. The maximum absolute atomic E-state index is 13.3. The average Bonchev–Trinajstić information content (AvgIpc) is 2.84. The van der Waals surface area contributed by atoms with E-state index in [0.717, 1.165) is 25.1 Å². The van der Waals surface area contributed by atoms with Crippen molar-refractivity contribution < 1.29 is 9.50 Å². The molecule has 0 bridgehead atoms. The van der Waals surface area contributed by atoms with Gasteiger partial charge in [0.05, 0.1) is 6.10 Å². The Kier molecular flexibility index (Phi) is 4.50. The van der Waals surface area contributed by atoms with E-state index < -0.39 is 0 Å². The van der Waals surface area contributed by atoms with E-state index in [4.69, 9.17) is 0 Å². The van der Waals surface area contributed by atoms with Gasteiger partial charge in [-0.25, -0.2) is 4.39 Å². The number of pyridine rings is 1. The van der Waals surface area contributed by atoms with E-state index in [0.29, 0.717) is 12.1 Å². The summed E-state index contributed by atoms with van der Waals surface area (Å²) in [5, 5.41) is 10.3. The summed E-state index contributed by atoms with van der Waals surface area (Å²) in [6.07, 6.45) is 4.13. The van der Waals surface area contributed by atoms with Crippen LogP contribution in [0.2, 0.25) is 0 Å². The number of hydrogen-bond donors (Lipinski definition) is 1. The Morgan fingerprint density at radius 3 is 2.68 bits per heavy atom. The minimum atomic E-state index is -0.310. The van der Waals surface area contributed by atoms with E-state index in [1.807, 2.05) is 24.3 Å². The number of β-amino-alcohol motifs (C(OH)–C–C–N with tert-alkyl or cyclic N) is 1. The summed E-state index contributed by atoms with van der Waals surface area (Å²) in [5.74, 6) is 0.0738. The SMILES string of the molecule is Cc1cc(CN2C[C@@H](Cc3ccncc3)[C@H](O)C2)ccc1F. The molecule has 1 aliphatic rings. The zero-order chi connectivity index (χ0) is 15.5. The molecule has 0 spiro atoms. The molecule has 4 heteroatoms. The Bertz CT molecular complexity index is 632. The van der Waals surface area contributed by atoms with E-state index in [-0.39, 0.29) is 17.8 Å². The first kappa shape index (κ1) is 15.1. The van der Waals surface area contributed by atoms with Crippen molar-refractivity contribution in [2.75, 3.05) is 13.1 Å². The van der Waals surface area contributed by atoms with Gasteiger partial charge < -0.3 is 5.11 Å². The number of aryl methyl sites for hydroxylation is 1. The van der Waals surface area contributed by atoms with Gasteiger partial charge >= 0.3 is 0 Å². The van der Waals surface area contributed by atoms with E-state index in [2.05, 4.69) is 9.88 Å². The first-order valence-corrected chi connectivity index (χ1v) is 7.66. The number of aromatic nitrogens is 1. The van der Waals surface area contributed by atoms with Crippen LogP contribution in [0, 0.1) is 18.7 Å². The van der Waals surface area contributed by atoms with Gasteiger partial charge in [-0.1, -0.05) is 12.1 Å². The van der Waals surface area contributed by atoms with E-state index in [9.17, 15) is 9.50 Å². The quantitative estimate of drug-likeness (QED) is 0.943. The van der Waals surface area contributed by atoms with Crippen LogP contribution in [0.15, 0.2) is 42.7 Å². The van der Waals surface area contributed by atoms with Gasteiger partial charge in [0.15, 0.2) is 0 Å². The van der Waals surface area contributed by atoms with Crippen molar-refractivity contribution in [3.05, 3.63) is 65.2 Å². The Balaban J connectivity index is 1.61. The van der Waals surface area contributed by atoms with Crippen molar-refractivity contribution in [3.63, 3.8) is 0 Å². The maximum atomic E-state index is 13.3. The topological polar surface area (TPSA) is 36.4 Å². The number of nitrogens with zero attached hydrogens (tertiary/aromatic N) is 2. The summed E-state index contributed by atoms with van der Waals surface area (Å²) in [5.41, 5.74) is 2.97. The van der Waals surface area contributed by atoms with Crippen LogP contribution in [0.4, 0.5) is 4.39 Å². The first-order chi connectivity index (χ1) is 10.6. The van der Waals surface area contributed by atoms with Gasteiger partial charge in [0.2, 0.25) is 0 Å². The molecule has 116 valence electrons. The molecule has 0 aliphatic carbocycles. The lowest BCUT2D eigenvalue weighted by molar-refractivity contribution is 0.141. The second kappa shape index (κ2) is 6.55. The number of halogens is 1. The highest BCUT2D eigenvalue weighted by Crippen LogP contribution is 2.23. The fourth-order valence-corrected chi connectivity index (χ4v) is 3.16. The molecule has 0 radical (unpaired) electrons. The molecule has 1 aliphatic heterocycles. The Hall–Kier alpha value is -1.78. The summed E-state index contributed by atoms with van der Waals surface area (Å²) in [6, 6.07) is 9.23. The van der Waals surface area contributed by atoms with Crippen LogP contribution in [0.5, 0.6) is 0 Å². The molecule has 0 unspecified atom stereocenters. The first-order valence-electron chi connectivity index (χ1n) is 7.66. The van der Waals surface area contributed by atoms with Gasteiger partial charge in [0.25, 0.3) is 0 Å². The van der Waals surface area contributed by atoms with E-state index in [1.54, 1.807) is 19.3 Å². The van der Waals surface area contributed by atoms with Crippen LogP contribution in [-0.4, -0.2) is 34.2 Å². The van der Waals surface area contributed by atoms with Gasteiger partial charge in [0, 0.05) is 37.9 Å². The summed E-state index contributed by atoms with van der Waals surface area (Å²) in [4.78, 5) is 6.26. The lowest BCUT2D eigenvalue weighted by atomic mass is 9.97.